The summed E-state index contributed by atoms with van der Waals surface area (Å²) in [4.78, 5) is 4.38. The second kappa shape index (κ2) is 5.00. The molecule has 1 aromatic carbocycles. The molecule has 0 aliphatic heterocycles. The first kappa shape index (κ1) is 11.6. The van der Waals surface area contributed by atoms with Gasteiger partial charge in [0.1, 0.15) is 5.75 Å². The Morgan fingerprint density at radius 1 is 1.18 bits per heavy atom. The van der Waals surface area contributed by atoms with E-state index >= 15 is 0 Å². The maximum absolute atomic E-state index is 5.40. The fourth-order valence-electron chi connectivity index (χ4n) is 2.02. The standard InChI is InChI=1S/C15H17NO/c1-4-12-9-11(2)16-10-14(12)13-7-5-6-8-15(13)17-3/h5-10H,4H2,1-3H3. The number of benzene rings is 1. The van der Waals surface area contributed by atoms with Gasteiger partial charge >= 0.3 is 0 Å². The van der Waals surface area contributed by atoms with E-state index in [4.69, 9.17) is 4.74 Å². The number of aryl methyl sites for hydroxylation is 2. The molecule has 0 spiro atoms. The van der Waals surface area contributed by atoms with Gasteiger partial charge in [-0.3, -0.25) is 4.98 Å². The van der Waals surface area contributed by atoms with E-state index in [1.807, 2.05) is 31.3 Å². The molecule has 1 heterocycles. The third kappa shape index (κ3) is 2.31. The van der Waals surface area contributed by atoms with Crippen LogP contribution in [0.3, 0.4) is 0 Å². The number of aromatic nitrogens is 1. The summed E-state index contributed by atoms with van der Waals surface area (Å²) in [7, 11) is 1.70. The zero-order valence-electron chi connectivity index (χ0n) is 10.5. The van der Waals surface area contributed by atoms with Crippen LogP contribution < -0.4 is 4.74 Å². The van der Waals surface area contributed by atoms with Crippen LogP contribution in [-0.4, -0.2) is 12.1 Å². The van der Waals surface area contributed by atoms with Gasteiger partial charge in [-0.15, -0.1) is 0 Å². The van der Waals surface area contributed by atoms with Crippen molar-refractivity contribution in [3.8, 4) is 16.9 Å². The molecule has 2 nitrogen and oxygen atoms in total. The molecule has 88 valence electrons. The van der Waals surface area contributed by atoms with E-state index in [0.29, 0.717) is 0 Å². The van der Waals surface area contributed by atoms with Crippen LogP contribution in [0.2, 0.25) is 0 Å². The quantitative estimate of drug-likeness (QED) is 0.798. The Labute approximate surface area is 102 Å². The maximum Gasteiger partial charge on any atom is 0.126 e. The van der Waals surface area contributed by atoms with Crippen LogP contribution in [0.1, 0.15) is 18.2 Å². The van der Waals surface area contributed by atoms with Gasteiger partial charge in [0.2, 0.25) is 0 Å². The number of rotatable bonds is 3. The van der Waals surface area contributed by atoms with E-state index in [2.05, 4.69) is 24.0 Å². The topological polar surface area (TPSA) is 22.1 Å². The highest BCUT2D eigenvalue weighted by Crippen LogP contribution is 2.31. The molecule has 0 aliphatic carbocycles. The SMILES string of the molecule is CCc1cc(C)ncc1-c1ccccc1OC. The van der Waals surface area contributed by atoms with Crippen LogP contribution in [0.15, 0.2) is 36.5 Å². The Morgan fingerprint density at radius 3 is 2.65 bits per heavy atom. The van der Waals surface area contributed by atoms with Crippen LogP contribution >= 0.6 is 0 Å². The minimum absolute atomic E-state index is 0.896. The number of pyridine rings is 1. The second-order valence-corrected chi connectivity index (χ2v) is 4.04. The number of hydrogen-bond acceptors (Lipinski definition) is 2. The molecular formula is C15H17NO. The van der Waals surface area contributed by atoms with E-state index < -0.39 is 0 Å². The van der Waals surface area contributed by atoms with E-state index in [1.54, 1.807) is 7.11 Å². The molecule has 0 bridgehead atoms. The van der Waals surface area contributed by atoms with E-state index in [-0.39, 0.29) is 0 Å². The van der Waals surface area contributed by atoms with Gasteiger partial charge in [-0.05, 0) is 31.0 Å². The van der Waals surface area contributed by atoms with E-state index in [0.717, 1.165) is 29.0 Å². The molecule has 1 aromatic heterocycles. The molecule has 0 amide bonds. The lowest BCUT2D eigenvalue weighted by atomic mass is 9.99. The fraction of sp³-hybridized carbons (Fsp3) is 0.267. The fourth-order valence-corrected chi connectivity index (χ4v) is 2.02. The van der Waals surface area contributed by atoms with Gasteiger partial charge in [-0.2, -0.15) is 0 Å². The highest BCUT2D eigenvalue weighted by atomic mass is 16.5. The molecule has 0 saturated heterocycles. The molecular weight excluding hydrogens is 210 g/mol. The summed E-state index contributed by atoms with van der Waals surface area (Å²) in [6.07, 6.45) is 2.93. The first-order chi connectivity index (χ1) is 8.26. The number of ether oxygens (including phenoxy) is 1. The summed E-state index contributed by atoms with van der Waals surface area (Å²) in [5.74, 6) is 0.896. The summed E-state index contributed by atoms with van der Waals surface area (Å²) in [5, 5.41) is 0. The van der Waals surface area contributed by atoms with Crippen molar-refractivity contribution in [2.45, 2.75) is 20.3 Å². The Balaban J connectivity index is 2.59. The first-order valence-electron chi connectivity index (χ1n) is 5.85. The molecule has 0 N–H and O–H groups in total. The second-order valence-electron chi connectivity index (χ2n) is 4.04. The summed E-state index contributed by atoms with van der Waals surface area (Å²) in [5.41, 5.74) is 4.64. The Morgan fingerprint density at radius 2 is 1.94 bits per heavy atom. The minimum Gasteiger partial charge on any atom is -0.496 e. The van der Waals surface area contributed by atoms with Crippen molar-refractivity contribution < 1.29 is 4.74 Å². The van der Waals surface area contributed by atoms with Crippen molar-refractivity contribution in [2.75, 3.05) is 7.11 Å². The van der Waals surface area contributed by atoms with Gasteiger partial charge in [0.05, 0.1) is 7.11 Å². The first-order valence-corrected chi connectivity index (χ1v) is 5.85. The lowest BCUT2D eigenvalue weighted by Gasteiger charge is -2.12. The van der Waals surface area contributed by atoms with Crippen molar-refractivity contribution in [2.24, 2.45) is 0 Å². The number of hydrogen-bond donors (Lipinski definition) is 0. The summed E-state index contributed by atoms with van der Waals surface area (Å²) >= 11 is 0. The predicted molar refractivity (Wildman–Crippen MR) is 70.3 cm³/mol. The molecule has 2 aromatic rings. The predicted octanol–water partition coefficient (Wildman–Crippen LogP) is 3.63. The number of para-hydroxylation sites is 1. The van der Waals surface area contributed by atoms with Crippen molar-refractivity contribution in [3.63, 3.8) is 0 Å². The number of nitrogens with zero attached hydrogens (tertiary/aromatic N) is 1. The molecule has 0 unspecified atom stereocenters. The van der Waals surface area contributed by atoms with Crippen LogP contribution in [0.4, 0.5) is 0 Å². The Bertz CT molecular complexity index is 520. The average Bonchev–Trinajstić information content (AvgIpc) is 2.38. The molecule has 2 rings (SSSR count). The van der Waals surface area contributed by atoms with Crippen molar-refractivity contribution >= 4 is 0 Å². The van der Waals surface area contributed by atoms with Crippen molar-refractivity contribution in [1.29, 1.82) is 0 Å². The molecule has 0 aliphatic rings. The number of methoxy groups -OCH3 is 1. The van der Waals surface area contributed by atoms with Crippen molar-refractivity contribution in [1.82, 2.24) is 4.98 Å². The van der Waals surface area contributed by atoms with Gasteiger partial charge in [-0.1, -0.05) is 25.1 Å². The van der Waals surface area contributed by atoms with Gasteiger partial charge < -0.3 is 4.74 Å². The Hall–Kier alpha value is -1.83. The lowest BCUT2D eigenvalue weighted by molar-refractivity contribution is 0.416. The van der Waals surface area contributed by atoms with Gasteiger partial charge in [0, 0.05) is 23.0 Å². The van der Waals surface area contributed by atoms with Crippen LogP contribution in [0, 0.1) is 6.92 Å². The molecule has 0 saturated carbocycles. The normalized spacial score (nSPS) is 10.3. The third-order valence-electron chi connectivity index (χ3n) is 2.90. The monoisotopic (exact) mass is 227 g/mol. The van der Waals surface area contributed by atoms with E-state index in [1.165, 1.54) is 5.56 Å². The highest BCUT2D eigenvalue weighted by Gasteiger charge is 2.09. The molecule has 2 heteroatoms. The van der Waals surface area contributed by atoms with Gasteiger partial charge in [-0.25, -0.2) is 0 Å². The minimum atomic E-state index is 0.896. The Kier molecular flexibility index (Phi) is 3.43. The third-order valence-corrected chi connectivity index (χ3v) is 2.90. The summed E-state index contributed by atoms with van der Waals surface area (Å²) < 4.78 is 5.40. The molecule has 0 radical (unpaired) electrons. The highest BCUT2D eigenvalue weighted by molar-refractivity contribution is 5.72. The van der Waals surface area contributed by atoms with Crippen molar-refractivity contribution in [3.05, 3.63) is 47.8 Å². The van der Waals surface area contributed by atoms with E-state index in [9.17, 15) is 0 Å². The van der Waals surface area contributed by atoms with Crippen LogP contribution in [-0.2, 0) is 6.42 Å². The smallest absolute Gasteiger partial charge is 0.126 e. The lowest BCUT2D eigenvalue weighted by Crippen LogP contribution is -1.94. The molecule has 17 heavy (non-hydrogen) atoms. The summed E-state index contributed by atoms with van der Waals surface area (Å²) in [6.45, 7) is 4.18. The molecule has 0 atom stereocenters. The maximum atomic E-state index is 5.40. The van der Waals surface area contributed by atoms with Crippen LogP contribution in [0.25, 0.3) is 11.1 Å². The average molecular weight is 227 g/mol. The summed E-state index contributed by atoms with van der Waals surface area (Å²) in [6, 6.07) is 10.2. The van der Waals surface area contributed by atoms with Crippen LogP contribution in [0.5, 0.6) is 5.75 Å². The largest absolute Gasteiger partial charge is 0.496 e. The van der Waals surface area contributed by atoms with Gasteiger partial charge in [0.15, 0.2) is 0 Å². The molecule has 0 fully saturated rings. The zero-order chi connectivity index (χ0) is 12.3. The van der Waals surface area contributed by atoms with Gasteiger partial charge in [0.25, 0.3) is 0 Å². The zero-order valence-corrected chi connectivity index (χ0v) is 10.5.